The zero-order valence-electron chi connectivity index (χ0n) is 15.0. The molecule has 0 fully saturated rings. The van der Waals surface area contributed by atoms with Gasteiger partial charge in [-0.05, 0) is 56.3 Å². The van der Waals surface area contributed by atoms with Crippen LogP contribution in [0.1, 0.15) is 31.9 Å². The van der Waals surface area contributed by atoms with Gasteiger partial charge < -0.3 is 19.5 Å². The Morgan fingerprint density at radius 3 is 2.62 bits per heavy atom. The van der Waals surface area contributed by atoms with Crippen molar-refractivity contribution in [1.29, 1.82) is 0 Å². The van der Waals surface area contributed by atoms with E-state index in [0.29, 0.717) is 17.9 Å². The van der Waals surface area contributed by atoms with Gasteiger partial charge in [0, 0.05) is 12.0 Å². The standard InChI is InChI=1S/C20H22FNO4/c1-20(2)11-17(16-10-15(24-3)8-9-18(16)26-20)22-19(23)12-25-14-6-4-13(21)5-7-14/h4-10,17H,11-12H2,1-3H3,(H,22,23)/t17-/m0/s1. The molecule has 0 spiro atoms. The molecule has 0 bridgehead atoms. The number of ether oxygens (including phenoxy) is 3. The van der Waals surface area contributed by atoms with Gasteiger partial charge in [-0.15, -0.1) is 0 Å². The van der Waals surface area contributed by atoms with Crippen LogP contribution in [0.5, 0.6) is 17.2 Å². The summed E-state index contributed by atoms with van der Waals surface area (Å²) in [4.78, 5) is 12.3. The van der Waals surface area contributed by atoms with Crippen LogP contribution in [0, 0.1) is 5.82 Å². The molecule has 2 aromatic carbocycles. The van der Waals surface area contributed by atoms with Crippen molar-refractivity contribution in [2.45, 2.75) is 31.9 Å². The van der Waals surface area contributed by atoms with Crippen LogP contribution in [0.2, 0.25) is 0 Å². The summed E-state index contributed by atoms with van der Waals surface area (Å²) in [6.07, 6.45) is 0.620. The van der Waals surface area contributed by atoms with E-state index in [1.54, 1.807) is 7.11 Å². The van der Waals surface area contributed by atoms with E-state index in [0.717, 1.165) is 11.3 Å². The Bertz CT molecular complexity index is 789. The fourth-order valence-electron chi connectivity index (χ4n) is 3.00. The molecule has 1 amide bonds. The Morgan fingerprint density at radius 1 is 1.23 bits per heavy atom. The summed E-state index contributed by atoms with van der Waals surface area (Å²) in [6.45, 7) is 3.81. The average Bonchev–Trinajstić information content (AvgIpc) is 2.60. The Labute approximate surface area is 152 Å². The van der Waals surface area contributed by atoms with Gasteiger partial charge in [0.25, 0.3) is 5.91 Å². The quantitative estimate of drug-likeness (QED) is 0.886. The number of nitrogens with one attached hydrogen (secondary N) is 1. The molecule has 26 heavy (non-hydrogen) atoms. The summed E-state index contributed by atoms with van der Waals surface area (Å²) >= 11 is 0. The van der Waals surface area contributed by atoms with Crippen molar-refractivity contribution in [3.63, 3.8) is 0 Å². The highest BCUT2D eigenvalue weighted by atomic mass is 19.1. The van der Waals surface area contributed by atoms with E-state index < -0.39 is 5.60 Å². The van der Waals surface area contributed by atoms with Gasteiger partial charge in [-0.2, -0.15) is 0 Å². The maximum absolute atomic E-state index is 12.9. The lowest BCUT2D eigenvalue weighted by atomic mass is 9.89. The molecule has 1 heterocycles. The number of carbonyl (C=O) groups excluding carboxylic acids is 1. The third-order valence-electron chi connectivity index (χ3n) is 4.19. The number of halogens is 1. The van der Waals surface area contributed by atoms with Gasteiger partial charge in [-0.1, -0.05) is 0 Å². The monoisotopic (exact) mass is 359 g/mol. The first-order valence-corrected chi connectivity index (χ1v) is 8.41. The Kier molecular flexibility index (Phi) is 5.02. The summed E-state index contributed by atoms with van der Waals surface area (Å²) in [7, 11) is 1.60. The maximum Gasteiger partial charge on any atom is 0.258 e. The van der Waals surface area contributed by atoms with Gasteiger partial charge in [-0.25, -0.2) is 4.39 Å². The molecule has 5 nitrogen and oxygen atoms in total. The summed E-state index contributed by atoms with van der Waals surface area (Å²) < 4.78 is 29.6. The van der Waals surface area contributed by atoms with Crippen molar-refractivity contribution in [1.82, 2.24) is 5.32 Å². The smallest absolute Gasteiger partial charge is 0.258 e. The molecule has 138 valence electrons. The van der Waals surface area contributed by atoms with Crippen LogP contribution >= 0.6 is 0 Å². The molecule has 6 heteroatoms. The second kappa shape index (κ2) is 7.23. The summed E-state index contributed by atoms with van der Waals surface area (Å²) in [5.41, 5.74) is 0.468. The number of methoxy groups -OCH3 is 1. The molecule has 1 atom stereocenters. The van der Waals surface area contributed by atoms with Crippen molar-refractivity contribution < 1.29 is 23.4 Å². The molecule has 1 aliphatic rings. The van der Waals surface area contributed by atoms with Crippen LogP contribution < -0.4 is 19.5 Å². The topological polar surface area (TPSA) is 56.8 Å². The van der Waals surface area contributed by atoms with Crippen LogP contribution in [-0.2, 0) is 4.79 Å². The molecular formula is C20H22FNO4. The lowest BCUT2D eigenvalue weighted by Gasteiger charge is -2.38. The summed E-state index contributed by atoms with van der Waals surface area (Å²) in [5, 5.41) is 2.99. The zero-order chi connectivity index (χ0) is 18.7. The molecule has 0 radical (unpaired) electrons. The molecule has 2 aromatic rings. The fraction of sp³-hybridized carbons (Fsp3) is 0.350. The van der Waals surface area contributed by atoms with Crippen molar-refractivity contribution in [2.75, 3.05) is 13.7 Å². The van der Waals surface area contributed by atoms with Crippen molar-refractivity contribution in [3.05, 3.63) is 53.8 Å². The summed E-state index contributed by atoms with van der Waals surface area (Å²) in [5.74, 6) is 1.26. The summed E-state index contributed by atoms with van der Waals surface area (Å²) in [6, 6.07) is 10.9. The minimum atomic E-state index is -0.405. The van der Waals surface area contributed by atoms with Crippen LogP contribution in [-0.4, -0.2) is 25.2 Å². The highest BCUT2D eigenvalue weighted by Gasteiger charge is 2.34. The van der Waals surface area contributed by atoms with E-state index in [1.165, 1.54) is 24.3 Å². The molecule has 0 unspecified atom stereocenters. The van der Waals surface area contributed by atoms with E-state index in [9.17, 15) is 9.18 Å². The van der Waals surface area contributed by atoms with Crippen molar-refractivity contribution in [3.8, 4) is 17.2 Å². The minimum absolute atomic E-state index is 0.150. The number of benzene rings is 2. The minimum Gasteiger partial charge on any atom is -0.497 e. The largest absolute Gasteiger partial charge is 0.497 e. The first-order chi connectivity index (χ1) is 12.4. The van der Waals surface area contributed by atoms with Gasteiger partial charge in [-0.3, -0.25) is 4.79 Å². The molecule has 1 N–H and O–H groups in total. The van der Waals surface area contributed by atoms with Gasteiger partial charge in [0.2, 0.25) is 0 Å². The van der Waals surface area contributed by atoms with Crippen LogP contribution in [0.4, 0.5) is 4.39 Å². The van der Waals surface area contributed by atoms with Gasteiger partial charge in [0.15, 0.2) is 6.61 Å². The van der Waals surface area contributed by atoms with Crippen LogP contribution in [0.3, 0.4) is 0 Å². The molecule has 3 rings (SSSR count). The zero-order valence-corrected chi connectivity index (χ0v) is 15.0. The van der Waals surface area contributed by atoms with E-state index >= 15 is 0 Å². The van der Waals surface area contributed by atoms with Crippen LogP contribution in [0.25, 0.3) is 0 Å². The number of amides is 1. The predicted octanol–water partition coefficient (Wildman–Crippen LogP) is 3.63. The van der Waals surface area contributed by atoms with Crippen molar-refractivity contribution in [2.24, 2.45) is 0 Å². The van der Waals surface area contributed by atoms with Crippen molar-refractivity contribution >= 4 is 5.91 Å². The van der Waals surface area contributed by atoms with E-state index in [-0.39, 0.29) is 24.4 Å². The molecule has 0 saturated carbocycles. The lowest BCUT2D eigenvalue weighted by molar-refractivity contribution is -0.124. The number of carbonyl (C=O) groups is 1. The predicted molar refractivity (Wildman–Crippen MR) is 95.1 cm³/mol. The molecule has 0 aromatic heterocycles. The van der Waals surface area contributed by atoms with E-state index in [1.807, 2.05) is 32.0 Å². The average molecular weight is 359 g/mol. The fourth-order valence-corrected chi connectivity index (χ4v) is 3.00. The number of rotatable bonds is 5. The van der Waals surface area contributed by atoms with Gasteiger partial charge in [0.1, 0.15) is 28.7 Å². The number of fused-ring (bicyclic) bond motifs is 1. The third-order valence-corrected chi connectivity index (χ3v) is 4.19. The van der Waals surface area contributed by atoms with Gasteiger partial charge in [0.05, 0.1) is 13.2 Å². The lowest BCUT2D eigenvalue weighted by Crippen LogP contribution is -2.42. The molecule has 0 aliphatic carbocycles. The first kappa shape index (κ1) is 18.0. The highest BCUT2D eigenvalue weighted by Crippen LogP contribution is 2.41. The Balaban J connectivity index is 1.70. The highest BCUT2D eigenvalue weighted by molar-refractivity contribution is 5.78. The molecule has 0 saturated heterocycles. The third kappa shape index (κ3) is 4.25. The number of hydrogen-bond donors (Lipinski definition) is 1. The molecular weight excluding hydrogens is 337 g/mol. The Morgan fingerprint density at radius 2 is 1.92 bits per heavy atom. The second-order valence-electron chi connectivity index (χ2n) is 6.83. The first-order valence-electron chi connectivity index (χ1n) is 8.41. The van der Waals surface area contributed by atoms with E-state index in [4.69, 9.17) is 14.2 Å². The maximum atomic E-state index is 12.9. The SMILES string of the molecule is COc1ccc2c(c1)[C@@H](NC(=O)COc1ccc(F)cc1)CC(C)(C)O2. The van der Waals surface area contributed by atoms with E-state index in [2.05, 4.69) is 5.32 Å². The van der Waals surface area contributed by atoms with Crippen LogP contribution in [0.15, 0.2) is 42.5 Å². The molecule has 1 aliphatic heterocycles. The second-order valence-corrected chi connectivity index (χ2v) is 6.83. The van der Waals surface area contributed by atoms with Gasteiger partial charge >= 0.3 is 0 Å². The Hall–Kier alpha value is -2.76. The normalized spacial score (nSPS) is 17.6. The number of hydrogen-bond acceptors (Lipinski definition) is 4.